The van der Waals surface area contributed by atoms with Crippen LogP contribution in [-0.4, -0.2) is 65.5 Å². The molecule has 0 aliphatic carbocycles. The molecule has 9 nitrogen and oxygen atoms in total. The zero-order valence-electron chi connectivity index (χ0n) is 19.5. The Bertz CT molecular complexity index is 1250. The summed E-state index contributed by atoms with van der Waals surface area (Å²) in [6, 6.07) is 8.02. The Morgan fingerprint density at radius 1 is 1.12 bits per heavy atom. The lowest BCUT2D eigenvalue weighted by Gasteiger charge is -2.33. The summed E-state index contributed by atoms with van der Waals surface area (Å²) in [6.07, 6.45) is 7.05. The van der Waals surface area contributed by atoms with Gasteiger partial charge in [0, 0.05) is 56.4 Å². The van der Waals surface area contributed by atoms with Crippen molar-refractivity contribution in [3.05, 3.63) is 59.7 Å². The first-order chi connectivity index (χ1) is 16.5. The fourth-order valence-corrected chi connectivity index (χ4v) is 4.50. The van der Waals surface area contributed by atoms with E-state index in [0.29, 0.717) is 17.9 Å². The Balaban J connectivity index is 1.41. The summed E-state index contributed by atoms with van der Waals surface area (Å²) in [5.74, 6) is 0.618. The number of hydrogen-bond acceptors (Lipinski definition) is 7. The quantitative estimate of drug-likeness (QED) is 0.554. The van der Waals surface area contributed by atoms with Gasteiger partial charge in [0.2, 0.25) is 0 Å². The molecular weight excluding hydrogens is 428 g/mol. The standard InChI is InChI=1S/C25H28N8O/c1-17-20(16-29-33(17)9-8-26-2)19-5-6-22(24-21(19)15-28-25(24)34)30-23-7-4-18(14-27-23)32-12-10-31(3)11-13-32/h4-9,14,16H,2,10-13,15H2,1,3H3,(H,27,30)(H,28,34)/b9-8-. The lowest BCUT2D eigenvalue weighted by Crippen LogP contribution is -2.44. The highest BCUT2D eigenvalue weighted by Crippen LogP contribution is 2.36. The number of benzene rings is 1. The third-order valence-electron chi connectivity index (χ3n) is 6.49. The van der Waals surface area contributed by atoms with Crippen molar-refractivity contribution in [3.8, 4) is 11.1 Å². The number of piperazine rings is 1. The number of hydrogen-bond donors (Lipinski definition) is 2. The van der Waals surface area contributed by atoms with Crippen LogP contribution in [0.2, 0.25) is 0 Å². The van der Waals surface area contributed by atoms with E-state index in [0.717, 1.165) is 59.9 Å². The fourth-order valence-electron chi connectivity index (χ4n) is 4.50. The van der Waals surface area contributed by atoms with E-state index in [1.54, 1.807) is 17.1 Å². The average Bonchev–Trinajstić information content (AvgIpc) is 3.42. The highest BCUT2D eigenvalue weighted by molar-refractivity contribution is 6.06. The minimum Gasteiger partial charge on any atom is -0.368 e. The monoisotopic (exact) mass is 456 g/mol. The summed E-state index contributed by atoms with van der Waals surface area (Å²) in [6.45, 7) is 10.0. The predicted octanol–water partition coefficient (Wildman–Crippen LogP) is 3.12. The molecule has 34 heavy (non-hydrogen) atoms. The van der Waals surface area contributed by atoms with Crippen LogP contribution in [0.15, 0.2) is 47.9 Å². The van der Waals surface area contributed by atoms with Crippen LogP contribution in [0.5, 0.6) is 0 Å². The maximum Gasteiger partial charge on any atom is 0.254 e. The van der Waals surface area contributed by atoms with Gasteiger partial charge in [0.1, 0.15) is 5.82 Å². The van der Waals surface area contributed by atoms with Crippen LogP contribution in [0.25, 0.3) is 17.3 Å². The molecule has 0 unspecified atom stereocenters. The zero-order chi connectivity index (χ0) is 23.7. The van der Waals surface area contributed by atoms with Crippen LogP contribution >= 0.6 is 0 Å². The van der Waals surface area contributed by atoms with E-state index in [-0.39, 0.29) is 5.91 Å². The molecule has 0 saturated carbocycles. The van der Waals surface area contributed by atoms with Gasteiger partial charge in [0.25, 0.3) is 5.91 Å². The Morgan fingerprint density at radius 3 is 2.68 bits per heavy atom. The smallest absolute Gasteiger partial charge is 0.254 e. The summed E-state index contributed by atoms with van der Waals surface area (Å²) in [7, 11) is 2.15. The topological polar surface area (TPSA) is 90.7 Å². The fraction of sp³-hybridized carbons (Fsp3) is 0.280. The SMILES string of the molecule is C=N/C=C\n1ncc(-c2ccc(Nc3ccc(N4CCN(C)CC4)cn3)c3c2CNC3=O)c1C. The van der Waals surface area contributed by atoms with Crippen LogP contribution < -0.4 is 15.5 Å². The predicted molar refractivity (Wildman–Crippen MR) is 136 cm³/mol. The van der Waals surface area contributed by atoms with Crippen molar-refractivity contribution < 1.29 is 4.79 Å². The molecule has 1 fully saturated rings. The molecule has 1 aromatic carbocycles. The van der Waals surface area contributed by atoms with Crippen molar-refractivity contribution in [2.24, 2.45) is 4.99 Å². The van der Waals surface area contributed by atoms with Crippen molar-refractivity contribution >= 4 is 36.0 Å². The number of aliphatic imine (C=N–C) groups is 1. The molecule has 3 aromatic rings. The maximum absolute atomic E-state index is 12.7. The van der Waals surface area contributed by atoms with Crippen molar-refractivity contribution in [1.82, 2.24) is 25.0 Å². The lowest BCUT2D eigenvalue weighted by atomic mass is 9.96. The van der Waals surface area contributed by atoms with Gasteiger partial charge in [-0.05, 0) is 50.0 Å². The minimum atomic E-state index is -0.0887. The van der Waals surface area contributed by atoms with Crippen LogP contribution in [0.3, 0.4) is 0 Å². The Kier molecular flexibility index (Phi) is 5.85. The van der Waals surface area contributed by atoms with Crippen LogP contribution in [0.1, 0.15) is 21.6 Å². The van der Waals surface area contributed by atoms with Gasteiger partial charge in [-0.3, -0.25) is 9.79 Å². The molecule has 0 spiro atoms. The maximum atomic E-state index is 12.7. The molecule has 5 rings (SSSR count). The van der Waals surface area contributed by atoms with E-state index < -0.39 is 0 Å². The van der Waals surface area contributed by atoms with Crippen molar-refractivity contribution in [2.45, 2.75) is 13.5 Å². The number of carbonyl (C=O) groups excluding carboxylic acids is 1. The first kappa shape index (κ1) is 21.8. The molecule has 2 aromatic heterocycles. The van der Waals surface area contributed by atoms with E-state index in [1.807, 2.05) is 37.5 Å². The highest BCUT2D eigenvalue weighted by atomic mass is 16.1. The number of amides is 1. The van der Waals surface area contributed by atoms with Crippen LogP contribution in [0, 0.1) is 6.92 Å². The second-order valence-corrected chi connectivity index (χ2v) is 8.58. The van der Waals surface area contributed by atoms with E-state index in [4.69, 9.17) is 0 Å². The minimum absolute atomic E-state index is 0.0887. The molecule has 2 N–H and O–H groups in total. The van der Waals surface area contributed by atoms with Gasteiger partial charge >= 0.3 is 0 Å². The summed E-state index contributed by atoms with van der Waals surface area (Å²) in [5.41, 5.74) is 6.39. The van der Waals surface area contributed by atoms with Gasteiger partial charge < -0.3 is 20.4 Å². The first-order valence-electron chi connectivity index (χ1n) is 11.3. The molecule has 0 radical (unpaired) electrons. The van der Waals surface area contributed by atoms with Crippen molar-refractivity contribution in [2.75, 3.05) is 43.4 Å². The normalized spacial score (nSPS) is 16.1. The summed E-state index contributed by atoms with van der Waals surface area (Å²) >= 11 is 0. The molecular formula is C25H28N8O. The van der Waals surface area contributed by atoms with Crippen LogP contribution in [0.4, 0.5) is 17.2 Å². The highest BCUT2D eigenvalue weighted by Gasteiger charge is 2.27. The third kappa shape index (κ3) is 4.06. The summed E-state index contributed by atoms with van der Waals surface area (Å²) in [4.78, 5) is 25.8. The number of anilines is 3. The van der Waals surface area contributed by atoms with Gasteiger partial charge in [0.15, 0.2) is 0 Å². The number of pyridine rings is 1. The number of fused-ring (bicyclic) bond motifs is 1. The number of nitrogens with zero attached hydrogens (tertiary/aromatic N) is 6. The number of carbonyl (C=O) groups is 1. The van der Waals surface area contributed by atoms with Gasteiger partial charge in [-0.1, -0.05) is 6.07 Å². The van der Waals surface area contributed by atoms with E-state index >= 15 is 0 Å². The Hall–Kier alpha value is -3.98. The van der Waals surface area contributed by atoms with Crippen LogP contribution in [-0.2, 0) is 6.54 Å². The van der Waals surface area contributed by atoms with Gasteiger partial charge in [-0.2, -0.15) is 5.10 Å². The third-order valence-corrected chi connectivity index (χ3v) is 6.49. The summed E-state index contributed by atoms with van der Waals surface area (Å²) < 4.78 is 1.75. The lowest BCUT2D eigenvalue weighted by molar-refractivity contribution is 0.0966. The number of rotatable bonds is 6. The largest absolute Gasteiger partial charge is 0.368 e. The molecule has 9 heteroatoms. The number of nitrogens with one attached hydrogen (secondary N) is 2. The van der Waals surface area contributed by atoms with Gasteiger partial charge in [0.05, 0.1) is 29.3 Å². The number of aromatic nitrogens is 3. The molecule has 2 aliphatic rings. The van der Waals surface area contributed by atoms with Crippen molar-refractivity contribution in [3.63, 3.8) is 0 Å². The number of likely N-dealkylation sites (N-methyl/N-ethyl adjacent to an activating group) is 1. The van der Waals surface area contributed by atoms with Gasteiger partial charge in [-0.15, -0.1) is 0 Å². The molecule has 1 amide bonds. The first-order valence-corrected chi connectivity index (χ1v) is 11.3. The van der Waals surface area contributed by atoms with Gasteiger partial charge in [-0.25, -0.2) is 9.67 Å². The molecule has 1 saturated heterocycles. The molecule has 2 aliphatic heterocycles. The van der Waals surface area contributed by atoms with Crippen molar-refractivity contribution in [1.29, 1.82) is 0 Å². The summed E-state index contributed by atoms with van der Waals surface area (Å²) in [5, 5.41) is 10.7. The second-order valence-electron chi connectivity index (χ2n) is 8.58. The van der Waals surface area contributed by atoms with E-state index in [9.17, 15) is 4.79 Å². The van der Waals surface area contributed by atoms with E-state index in [1.165, 1.54) is 0 Å². The molecule has 4 heterocycles. The Morgan fingerprint density at radius 2 is 1.94 bits per heavy atom. The zero-order valence-corrected chi connectivity index (χ0v) is 19.5. The second kappa shape index (κ2) is 9.11. The molecule has 0 bridgehead atoms. The molecule has 174 valence electrons. The molecule has 0 atom stereocenters. The Labute approximate surface area is 198 Å². The van der Waals surface area contributed by atoms with E-state index in [2.05, 4.69) is 55.3 Å². The average molecular weight is 457 g/mol.